The minimum Gasteiger partial charge on any atom is -0.508 e. The number of hydrogen-bond donors (Lipinski definition) is 2. The van der Waals surface area contributed by atoms with E-state index in [2.05, 4.69) is 30.0 Å². The molecule has 0 aliphatic carbocycles. The fourth-order valence-corrected chi connectivity index (χ4v) is 2.80. The second-order valence-corrected chi connectivity index (χ2v) is 5.10. The number of rotatable bonds is 2. The standard InChI is InChI=1S/C16H18N2O/c1-11-2-3-12-10-18(16(9-17)15(12)8-11)13-4-6-14(19)7-5-13/h2-8,16,19H,9-10,17H2,1H3. The van der Waals surface area contributed by atoms with E-state index in [0.29, 0.717) is 12.3 Å². The summed E-state index contributed by atoms with van der Waals surface area (Å²) < 4.78 is 0. The summed E-state index contributed by atoms with van der Waals surface area (Å²) in [6.45, 7) is 3.58. The predicted molar refractivity (Wildman–Crippen MR) is 77.3 cm³/mol. The normalized spacial score (nSPS) is 17.6. The first-order valence-corrected chi connectivity index (χ1v) is 6.54. The molecule has 2 aromatic carbocycles. The van der Waals surface area contributed by atoms with E-state index in [1.54, 1.807) is 12.1 Å². The van der Waals surface area contributed by atoms with Crippen molar-refractivity contribution < 1.29 is 5.11 Å². The molecule has 98 valence electrons. The Bertz CT molecular complexity index is 592. The Kier molecular flexibility index (Phi) is 2.91. The summed E-state index contributed by atoms with van der Waals surface area (Å²) in [5.41, 5.74) is 11.0. The molecule has 3 heteroatoms. The van der Waals surface area contributed by atoms with Gasteiger partial charge in [0.25, 0.3) is 0 Å². The molecule has 0 radical (unpaired) electrons. The SMILES string of the molecule is Cc1ccc2c(c1)C(CN)N(c1ccc(O)cc1)C2. The lowest BCUT2D eigenvalue weighted by molar-refractivity contribution is 0.475. The van der Waals surface area contributed by atoms with Gasteiger partial charge in [-0.3, -0.25) is 0 Å². The molecule has 19 heavy (non-hydrogen) atoms. The second-order valence-electron chi connectivity index (χ2n) is 5.10. The molecular weight excluding hydrogens is 236 g/mol. The van der Waals surface area contributed by atoms with E-state index in [1.807, 2.05) is 12.1 Å². The molecule has 1 aliphatic rings. The molecule has 1 atom stereocenters. The molecule has 0 bridgehead atoms. The highest BCUT2D eigenvalue weighted by atomic mass is 16.3. The highest BCUT2D eigenvalue weighted by Gasteiger charge is 2.29. The average molecular weight is 254 g/mol. The van der Waals surface area contributed by atoms with Crippen LogP contribution in [0, 0.1) is 6.92 Å². The molecular formula is C16H18N2O. The Balaban J connectivity index is 1.99. The molecule has 1 aliphatic heterocycles. The van der Waals surface area contributed by atoms with Crippen LogP contribution in [-0.2, 0) is 6.54 Å². The van der Waals surface area contributed by atoms with E-state index in [-0.39, 0.29) is 6.04 Å². The van der Waals surface area contributed by atoms with Crippen LogP contribution in [0.3, 0.4) is 0 Å². The Hall–Kier alpha value is -2.00. The lowest BCUT2D eigenvalue weighted by Crippen LogP contribution is -2.27. The van der Waals surface area contributed by atoms with Crippen LogP contribution in [0.4, 0.5) is 5.69 Å². The number of nitrogens with zero attached hydrogens (tertiary/aromatic N) is 1. The Morgan fingerprint density at radius 2 is 1.95 bits per heavy atom. The van der Waals surface area contributed by atoms with Crippen molar-refractivity contribution in [3.8, 4) is 5.75 Å². The van der Waals surface area contributed by atoms with Gasteiger partial charge in [-0.2, -0.15) is 0 Å². The number of phenolic OH excluding ortho intramolecular Hbond substituents is 1. The first-order valence-electron chi connectivity index (χ1n) is 6.54. The van der Waals surface area contributed by atoms with Crippen molar-refractivity contribution >= 4 is 5.69 Å². The molecule has 3 nitrogen and oxygen atoms in total. The number of nitrogens with two attached hydrogens (primary N) is 1. The molecule has 0 amide bonds. The third-order valence-electron chi connectivity index (χ3n) is 3.78. The van der Waals surface area contributed by atoms with E-state index < -0.39 is 0 Å². The van der Waals surface area contributed by atoms with Crippen molar-refractivity contribution in [2.45, 2.75) is 19.5 Å². The van der Waals surface area contributed by atoms with Crippen LogP contribution in [0.2, 0.25) is 0 Å². The Morgan fingerprint density at radius 3 is 2.63 bits per heavy atom. The summed E-state index contributed by atoms with van der Waals surface area (Å²) in [6.07, 6.45) is 0. The molecule has 0 fully saturated rings. The molecule has 2 aromatic rings. The van der Waals surface area contributed by atoms with Crippen molar-refractivity contribution in [1.29, 1.82) is 0 Å². The minimum absolute atomic E-state index is 0.222. The van der Waals surface area contributed by atoms with Gasteiger partial charge in [0.15, 0.2) is 0 Å². The zero-order valence-corrected chi connectivity index (χ0v) is 11.0. The maximum absolute atomic E-state index is 9.39. The molecule has 1 unspecified atom stereocenters. The summed E-state index contributed by atoms with van der Waals surface area (Å²) in [7, 11) is 0. The number of aryl methyl sites for hydroxylation is 1. The molecule has 3 rings (SSSR count). The summed E-state index contributed by atoms with van der Waals surface area (Å²) >= 11 is 0. The van der Waals surface area contributed by atoms with E-state index >= 15 is 0 Å². The number of benzene rings is 2. The van der Waals surface area contributed by atoms with Gasteiger partial charge in [-0.25, -0.2) is 0 Å². The van der Waals surface area contributed by atoms with Gasteiger partial charge in [-0.05, 0) is 42.3 Å². The number of aromatic hydroxyl groups is 1. The fourth-order valence-electron chi connectivity index (χ4n) is 2.80. The van der Waals surface area contributed by atoms with E-state index in [9.17, 15) is 5.11 Å². The monoisotopic (exact) mass is 254 g/mol. The van der Waals surface area contributed by atoms with Crippen molar-refractivity contribution in [3.05, 3.63) is 59.2 Å². The maximum Gasteiger partial charge on any atom is 0.115 e. The van der Waals surface area contributed by atoms with Gasteiger partial charge >= 0.3 is 0 Å². The van der Waals surface area contributed by atoms with Gasteiger partial charge < -0.3 is 15.7 Å². The van der Waals surface area contributed by atoms with E-state index in [1.165, 1.54) is 16.7 Å². The van der Waals surface area contributed by atoms with Gasteiger partial charge in [0.2, 0.25) is 0 Å². The summed E-state index contributed by atoms with van der Waals surface area (Å²) in [5.74, 6) is 0.292. The highest BCUT2D eigenvalue weighted by molar-refractivity contribution is 5.56. The van der Waals surface area contributed by atoms with Crippen molar-refractivity contribution in [3.63, 3.8) is 0 Å². The number of anilines is 1. The molecule has 0 aromatic heterocycles. The molecule has 0 saturated heterocycles. The van der Waals surface area contributed by atoms with Crippen LogP contribution in [0.15, 0.2) is 42.5 Å². The lowest BCUT2D eigenvalue weighted by atomic mass is 10.0. The lowest BCUT2D eigenvalue weighted by Gasteiger charge is -2.26. The van der Waals surface area contributed by atoms with Crippen LogP contribution in [0.25, 0.3) is 0 Å². The second kappa shape index (κ2) is 4.59. The van der Waals surface area contributed by atoms with Crippen molar-refractivity contribution in [2.75, 3.05) is 11.4 Å². The number of fused-ring (bicyclic) bond motifs is 1. The maximum atomic E-state index is 9.39. The largest absolute Gasteiger partial charge is 0.508 e. The van der Waals surface area contributed by atoms with E-state index in [4.69, 9.17) is 5.73 Å². The smallest absolute Gasteiger partial charge is 0.115 e. The van der Waals surface area contributed by atoms with Gasteiger partial charge in [0, 0.05) is 18.8 Å². The zero-order valence-electron chi connectivity index (χ0n) is 11.0. The predicted octanol–water partition coefficient (Wildman–Crippen LogP) is 2.72. The van der Waals surface area contributed by atoms with Crippen LogP contribution < -0.4 is 10.6 Å². The average Bonchev–Trinajstić information content (AvgIpc) is 2.77. The number of phenols is 1. The minimum atomic E-state index is 0.222. The van der Waals surface area contributed by atoms with Gasteiger partial charge in [0.05, 0.1) is 6.04 Å². The quantitative estimate of drug-likeness (QED) is 0.866. The fraction of sp³-hybridized carbons (Fsp3) is 0.250. The van der Waals surface area contributed by atoms with Crippen molar-refractivity contribution in [2.24, 2.45) is 5.73 Å². The van der Waals surface area contributed by atoms with Gasteiger partial charge in [0.1, 0.15) is 5.75 Å². The number of hydrogen-bond acceptors (Lipinski definition) is 3. The Labute approximate surface area is 113 Å². The molecule has 1 heterocycles. The van der Waals surface area contributed by atoms with Gasteiger partial charge in [-0.1, -0.05) is 23.8 Å². The molecule has 0 spiro atoms. The first-order chi connectivity index (χ1) is 9.19. The highest BCUT2D eigenvalue weighted by Crippen LogP contribution is 2.37. The topological polar surface area (TPSA) is 49.5 Å². The van der Waals surface area contributed by atoms with Crippen LogP contribution >= 0.6 is 0 Å². The zero-order chi connectivity index (χ0) is 13.4. The van der Waals surface area contributed by atoms with Crippen LogP contribution in [-0.4, -0.2) is 11.7 Å². The van der Waals surface area contributed by atoms with Crippen LogP contribution in [0.5, 0.6) is 5.75 Å². The third-order valence-corrected chi connectivity index (χ3v) is 3.78. The molecule has 3 N–H and O–H groups in total. The third kappa shape index (κ3) is 2.06. The van der Waals surface area contributed by atoms with E-state index in [0.717, 1.165) is 12.2 Å². The van der Waals surface area contributed by atoms with Crippen molar-refractivity contribution in [1.82, 2.24) is 0 Å². The summed E-state index contributed by atoms with van der Waals surface area (Å²) in [6, 6.07) is 14.1. The van der Waals surface area contributed by atoms with Crippen LogP contribution in [0.1, 0.15) is 22.7 Å². The first kappa shape index (κ1) is 12.1. The summed E-state index contributed by atoms with van der Waals surface area (Å²) in [5, 5.41) is 9.39. The Morgan fingerprint density at radius 1 is 1.21 bits per heavy atom. The molecule has 0 saturated carbocycles. The van der Waals surface area contributed by atoms with Gasteiger partial charge in [-0.15, -0.1) is 0 Å². The summed E-state index contributed by atoms with van der Waals surface area (Å²) in [4.78, 5) is 2.30.